The van der Waals surface area contributed by atoms with E-state index in [0.717, 1.165) is 10.5 Å². The van der Waals surface area contributed by atoms with Crippen molar-refractivity contribution in [2.75, 3.05) is 27.2 Å². The summed E-state index contributed by atoms with van der Waals surface area (Å²) in [5.41, 5.74) is 0. The van der Waals surface area contributed by atoms with E-state index in [4.69, 9.17) is 0 Å². The predicted octanol–water partition coefficient (Wildman–Crippen LogP) is 0.974. The van der Waals surface area contributed by atoms with E-state index < -0.39 is 10.4 Å². The van der Waals surface area contributed by atoms with Crippen molar-refractivity contribution in [2.45, 2.75) is 33.7 Å². The molecule has 0 heterocycles. The topological polar surface area (TPSA) is 66.4 Å². The van der Waals surface area contributed by atoms with E-state index in [1.54, 1.807) is 0 Å². The standard InChI is InChI=1S/C7H18N.C2H6O4S/c1-6-8(4,5)7(2)3;1-2-6-7(3,4)5/h7H,6H2,1-5H3;2H2,1H3,(H,3,4,5)/q+1;/p-1. The normalized spacial score (nSPS) is 12.3. The number of nitrogens with zero attached hydrogens (tertiary/aromatic N) is 1. The van der Waals surface area contributed by atoms with Gasteiger partial charge in [-0.25, -0.2) is 8.42 Å². The smallest absolute Gasteiger partial charge is 0.217 e. The fraction of sp³-hybridized carbons (Fsp3) is 1.00. The van der Waals surface area contributed by atoms with E-state index in [9.17, 15) is 13.0 Å². The summed E-state index contributed by atoms with van der Waals surface area (Å²) in [4.78, 5) is 0. The zero-order chi connectivity index (χ0) is 12.7. The minimum atomic E-state index is -4.42. The maximum Gasteiger partial charge on any atom is 0.217 e. The molecular weight excluding hydrogens is 218 g/mol. The Bertz CT molecular complexity index is 247. The molecule has 0 aliphatic heterocycles. The van der Waals surface area contributed by atoms with Crippen molar-refractivity contribution < 1.29 is 21.6 Å². The predicted molar refractivity (Wildman–Crippen MR) is 59.1 cm³/mol. The molecule has 0 atom stereocenters. The van der Waals surface area contributed by atoms with E-state index in [2.05, 4.69) is 39.0 Å². The molecule has 0 aromatic carbocycles. The van der Waals surface area contributed by atoms with Crippen molar-refractivity contribution in [1.82, 2.24) is 0 Å². The molecule has 0 aliphatic carbocycles. The van der Waals surface area contributed by atoms with Gasteiger partial charge in [0, 0.05) is 0 Å². The van der Waals surface area contributed by atoms with Crippen molar-refractivity contribution >= 4 is 10.4 Å². The minimum absolute atomic E-state index is 0.0914. The Kier molecular flexibility index (Phi) is 8.23. The summed E-state index contributed by atoms with van der Waals surface area (Å²) < 4.78 is 33.1. The van der Waals surface area contributed by atoms with Crippen LogP contribution in [0.25, 0.3) is 0 Å². The zero-order valence-corrected chi connectivity index (χ0v) is 11.3. The third-order valence-corrected chi connectivity index (χ3v) is 3.00. The van der Waals surface area contributed by atoms with Crippen LogP contribution in [0.2, 0.25) is 0 Å². The number of hydrogen-bond acceptors (Lipinski definition) is 4. The molecule has 0 rings (SSSR count). The van der Waals surface area contributed by atoms with Crippen LogP contribution in [0.1, 0.15) is 27.7 Å². The average Bonchev–Trinajstić information content (AvgIpc) is 2.03. The van der Waals surface area contributed by atoms with Crippen LogP contribution in [-0.2, 0) is 14.6 Å². The lowest BCUT2D eigenvalue weighted by Crippen LogP contribution is -2.45. The van der Waals surface area contributed by atoms with Gasteiger partial charge in [0.1, 0.15) is 0 Å². The van der Waals surface area contributed by atoms with Crippen LogP contribution >= 0.6 is 0 Å². The van der Waals surface area contributed by atoms with Crippen LogP contribution in [0.4, 0.5) is 0 Å². The highest BCUT2D eigenvalue weighted by molar-refractivity contribution is 7.80. The molecule has 0 amide bonds. The largest absolute Gasteiger partial charge is 0.726 e. The second-order valence-corrected chi connectivity index (χ2v) is 5.06. The monoisotopic (exact) mass is 241 g/mol. The van der Waals surface area contributed by atoms with Gasteiger partial charge in [-0.1, -0.05) is 0 Å². The number of quaternary nitrogens is 1. The van der Waals surface area contributed by atoms with Gasteiger partial charge >= 0.3 is 0 Å². The molecule has 0 radical (unpaired) electrons. The highest BCUT2D eigenvalue weighted by Gasteiger charge is 2.15. The SMILES string of the molecule is CCOS(=O)(=O)[O-].CC[N+](C)(C)C(C)C. The van der Waals surface area contributed by atoms with Crippen LogP contribution in [0, 0.1) is 0 Å². The molecule has 0 N–H and O–H groups in total. The zero-order valence-electron chi connectivity index (χ0n) is 10.5. The van der Waals surface area contributed by atoms with Crippen molar-refractivity contribution in [3.05, 3.63) is 0 Å². The third-order valence-electron chi connectivity index (χ3n) is 2.48. The van der Waals surface area contributed by atoms with Crippen LogP contribution in [0.3, 0.4) is 0 Å². The van der Waals surface area contributed by atoms with Gasteiger partial charge in [0.2, 0.25) is 10.4 Å². The molecule has 0 spiro atoms. The van der Waals surface area contributed by atoms with Crippen LogP contribution in [0.5, 0.6) is 0 Å². The van der Waals surface area contributed by atoms with Crippen LogP contribution in [0.15, 0.2) is 0 Å². The molecule has 0 bridgehead atoms. The Morgan fingerprint density at radius 1 is 1.27 bits per heavy atom. The summed E-state index contributed by atoms with van der Waals surface area (Å²) in [6.45, 7) is 9.28. The quantitative estimate of drug-likeness (QED) is 0.418. The second-order valence-electron chi connectivity index (χ2n) is 4.00. The van der Waals surface area contributed by atoms with Gasteiger partial charge in [0.05, 0.1) is 33.3 Å². The van der Waals surface area contributed by atoms with Gasteiger partial charge in [0.15, 0.2) is 0 Å². The third kappa shape index (κ3) is 11.8. The maximum absolute atomic E-state index is 9.45. The van der Waals surface area contributed by atoms with Gasteiger partial charge in [0.25, 0.3) is 0 Å². The Balaban J connectivity index is 0. The molecule has 0 saturated heterocycles. The molecular formula is C9H23NO4S. The average molecular weight is 241 g/mol. The van der Waals surface area contributed by atoms with Crippen molar-refractivity contribution in [1.29, 1.82) is 0 Å². The highest BCUT2D eigenvalue weighted by Crippen LogP contribution is 2.02. The van der Waals surface area contributed by atoms with E-state index in [1.165, 1.54) is 13.5 Å². The summed E-state index contributed by atoms with van der Waals surface area (Å²) >= 11 is 0. The Morgan fingerprint density at radius 2 is 1.67 bits per heavy atom. The fourth-order valence-electron chi connectivity index (χ4n) is 0.509. The lowest BCUT2D eigenvalue weighted by Gasteiger charge is -2.32. The van der Waals surface area contributed by atoms with Crippen LogP contribution < -0.4 is 0 Å². The minimum Gasteiger partial charge on any atom is -0.726 e. The van der Waals surface area contributed by atoms with Crippen molar-refractivity contribution in [2.24, 2.45) is 0 Å². The molecule has 5 nitrogen and oxygen atoms in total. The number of hydrogen-bond donors (Lipinski definition) is 0. The lowest BCUT2D eigenvalue weighted by atomic mass is 10.3. The first-order valence-corrected chi connectivity index (χ1v) is 6.33. The van der Waals surface area contributed by atoms with Gasteiger partial charge in [-0.05, 0) is 27.7 Å². The van der Waals surface area contributed by atoms with Gasteiger partial charge in [-0.15, -0.1) is 0 Å². The lowest BCUT2D eigenvalue weighted by molar-refractivity contribution is -0.909. The van der Waals surface area contributed by atoms with Crippen LogP contribution in [-0.4, -0.2) is 50.7 Å². The first-order valence-electron chi connectivity index (χ1n) is 4.99. The number of rotatable bonds is 4. The van der Waals surface area contributed by atoms with E-state index >= 15 is 0 Å². The van der Waals surface area contributed by atoms with E-state index in [-0.39, 0.29) is 6.61 Å². The van der Waals surface area contributed by atoms with Gasteiger partial charge < -0.3 is 9.04 Å². The molecule has 15 heavy (non-hydrogen) atoms. The van der Waals surface area contributed by atoms with E-state index in [1.807, 2.05) is 0 Å². The summed E-state index contributed by atoms with van der Waals surface area (Å²) in [5, 5.41) is 0. The fourth-order valence-corrected chi connectivity index (χ4v) is 0.798. The summed E-state index contributed by atoms with van der Waals surface area (Å²) in [5.74, 6) is 0. The van der Waals surface area contributed by atoms with Gasteiger partial charge in [-0.3, -0.25) is 4.18 Å². The Morgan fingerprint density at radius 3 is 1.67 bits per heavy atom. The molecule has 0 aromatic heterocycles. The molecule has 0 unspecified atom stereocenters. The molecule has 0 fully saturated rings. The Hall–Kier alpha value is -0.170. The van der Waals surface area contributed by atoms with Crippen molar-refractivity contribution in [3.8, 4) is 0 Å². The molecule has 0 aliphatic rings. The summed E-state index contributed by atoms with van der Waals surface area (Å²) in [6, 6.07) is 0.750. The highest BCUT2D eigenvalue weighted by atomic mass is 32.3. The van der Waals surface area contributed by atoms with Gasteiger partial charge in [-0.2, -0.15) is 0 Å². The van der Waals surface area contributed by atoms with E-state index in [0.29, 0.717) is 0 Å². The molecule has 94 valence electrons. The first-order chi connectivity index (χ1) is 6.56. The summed E-state index contributed by atoms with van der Waals surface area (Å²) in [7, 11) is 0.0851. The molecule has 0 aromatic rings. The molecule has 6 heteroatoms. The van der Waals surface area contributed by atoms with Crippen molar-refractivity contribution in [3.63, 3.8) is 0 Å². The Labute approximate surface area is 93.6 Å². The first kappa shape index (κ1) is 17.2. The summed E-state index contributed by atoms with van der Waals surface area (Å²) in [6.07, 6.45) is 0. The maximum atomic E-state index is 9.45. The second kappa shape index (κ2) is 7.16. The molecule has 0 saturated carbocycles.